The molecule has 0 radical (unpaired) electrons. The van der Waals surface area contributed by atoms with Gasteiger partial charge in [0.1, 0.15) is 0 Å². The fraction of sp³-hybridized carbons (Fsp3) is 0.667. The van der Waals surface area contributed by atoms with E-state index in [9.17, 15) is 4.79 Å². The highest BCUT2D eigenvalue weighted by atomic mass is 32.2. The number of carbonyl (C=O) groups is 1. The summed E-state index contributed by atoms with van der Waals surface area (Å²) < 4.78 is 0. The third-order valence-electron chi connectivity index (χ3n) is 1.03. The molecule has 0 rings (SSSR count). The molecule has 0 spiro atoms. The Balaban J connectivity index is 3.19. The second-order valence-corrected chi connectivity index (χ2v) is 3.25. The highest BCUT2D eigenvalue weighted by molar-refractivity contribution is 8.13. The zero-order valence-corrected chi connectivity index (χ0v) is 7.62. The van der Waals surface area contributed by atoms with Crippen molar-refractivity contribution in [3.8, 4) is 0 Å². The minimum Gasteiger partial charge on any atom is -0.370 e. The molecule has 6 N–H and O–H groups in total. The molecular formula is C6H14N4OS. The van der Waals surface area contributed by atoms with Gasteiger partial charge in [0, 0.05) is 25.3 Å². The molecule has 6 heteroatoms. The van der Waals surface area contributed by atoms with Gasteiger partial charge in [-0.3, -0.25) is 10.2 Å². The molecule has 0 saturated heterocycles. The Kier molecular flexibility index (Phi) is 6.50. The standard InChI is InChI=1S/C6H14N4OS/c7-2-1-5(11)12-4-3-10-6(8)9/h1-4,7H2,(H4,8,9,10). The number of thioether (sulfide) groups is 1. The van der Waals surface area contributed by atoms with E-state index in [1.165, 1.54) is 11.8 Å². The van der Waals surface area contributed by atoms with Gasteiger partial charge in [0.25, 0.3) is 0 Å². The van der Waals surface area contributed by atoms with Crippen LogP contribution >= 0.6 is 11.8 Å². The molecule has 0 aromatic carbocycles. The van der Waals surface area contributed by atoms with Gasteiger partial charge in [-0.05, 0) is 0 Å². The first-order valence-electron chi connectivity index (χ1n) is 3.60. The van der Waals surface area contributed by atoms with Crippen LogP contribution in [0.4, 0.5) is 0 Å². The van der Waals surface area contributed by atoms with E-state index in [0.717, 1.165) is 0 Å². The number of carbonyl (C=O) groups excluding carboxylic acids is 1. The summed E-state index contributed by atoms with van der Waals surface area (Å²) in [6.45, 7) is 0.933. The highest BCUT2D eigenvalue weighted by Gasteiger charge is 1.99. The summed E-state index contributed by atoms with van der Waals surface area (Å²) in [5.74, 6) is 0.556. The van der Waals surface area contributed by atoms with Gasteiger partial charge in [-0.2, -0.15) is 0 Å². The van der Waals surface area contributed by atoms with Gasteiger partial charge in [-0.25, -0.2) is 0 Å². The minimum atomic E-state index is -0.0677. The van der Waals surface area contributed by atoms with Gasteiger partial charge >= 0.3 is 0 Å². The first kappa shape index (κ1) is 11.2. The molecule has 0 aliphatic rings. The average molecular weight is 190 g/mol. The smallest absolute Gasteiger partial charge is 0.190 e. The van der Waals surface area contributed by atoms with E-state index < -0.39 is 0 Å². The van der Waals surface area contributed by atoms with Crippen molar-refractivity contribution in [2.75, 3.05) is 18.8 Å². The molecule has 0 amide bonds. The Morgan fingerprint density at radius 3 is 2.75 bits per heavy atom. The van der Waals surface area contributed by atoms with Crippen LogP contribution in [-0.2, 0) is 4.79 Å². The van der Waals surface area contributed by atoms with Crippen molar-refractivity contribution < 1.29 is 4.79 Å². The van der Waals surface area contributed by atoms with E-state index in [2.05, 4.69) is 5.32 Å². The summed E-state index contributed by atoms with van der Waals surface area (Å²) in [5, 5.41) is 9.50. The lowest BCUT2D eigenvalue weighted by Crippen LogP contribution is -2.32. The third-order valence-corrected chi connectivity index (χ3v) is 1.96. The maximum absolute atomic E-state index is 10.9. The van der Waals surface area contributed by atoms with E-state index in [-0.39, 0.29) is 11.1 Å². The zero-order chi connectivity index (χ0) is 9.40. The Bertz CT molecular complexity index is 162. The Hall–Kier alpha value is -0.750. The first-order chi connectivity index (χ1) is 5.66. The maximum atomic E-state index is 10.9. The summed E-state index contributed by atoms with van der Waals surface area (Å²) in [4.78, 5) is 10.9. The Labute approximate surface area is 75.8 Å². The molecule has 5 nitrogen and oxygen atoms in total. The summed E-state index contributed by atoms with van der Waals surface area (Å²) in [5.41, 5.74) is 10.2. The van der Waals surface area contributed by atoms with Crippen LogP contribution in [0.1, 0.15) is 6.42 Å². The van der Waals surface area contributed by atoms with Crippen LogP contribution in [0.5, 0.6) is 0 Å². The minimum absolute atomic E-state index is 0.0677. The Morgan fingerprint density at radius 1 is 1.58 bits per heavy atom. The molecule has 12 heavy (non-hydrogen) atoms. The Morgan fingerprint density at radius 2 is 2.25 bits per heavy atom. The van der Waals surface area contributed by atoms with E-state index in [1.54, 1.807) is 0 Å². The monoisotopic (exact) mass is 190 g/mol. The van der Waals surface area contributed by atoms with Gasteiger partial charge < -0.3 is 16.8 Å². The van der Waals surface area contributed by atoms with Gasteiger partial charge in [0.15, 0.2) is 11.1 Å². The largest absolute Gasteiger partial charge is 0.370 e. The van der Waals surface area contributed by atoms with E-state index in [4.69, 9.17) is 16.9 Å². The molecule has 0 saturated carbocycles. The van der Waals surface area contributed by atoms with Gasteiger partial charge in [0.05, 0.1) is 0 Å². The molecule has 0 bridgehead atoms. The molecule has 0 aromatic rings. The van der Waals surface area contributed by atoms with Crippen molar-refractivity contribution in [1.29, 1.82) is 5.41 Å². The van der Waals surface area contributed by atoms with Crippen molar-refractivity contribution in [2.24, 2.45) is 11.5 Å². The lowest BCUT2D eigenvalue weighted by atomic mass is 10.5. The quantitative estimate of drug-likeness (QED) is 0.255. The number of hydrogen-bond donors (Lipinski definition) is 4. The molecule has 70 valence electrons. The van der Waals surface area contributed by atoms with Crippen LogP contribution in [0.15, 0.2) is 0 Å². The van der Waals surface area contributed by atoms with Crippen LogP contribution < -0.4 is 16.8 Å². The van der Waals surface area contributed by atoms with Crippen LogP contribution in [0.25, 0.3) is 0 Å². The number of hydrogen-bond acceptors (Lipinski definition) is 4. The van der Waals surface area contributed by atoms with Crippen molar-refractivity contribution in [2.45, 2.75) is 6.42 Å². The lowest BCUT2D eigenvalue weighted by Gasteiger charge is -2.01. The summed E-state index contributed by atoms with van der Waals surface area (Å²) in [7, 11) is 0. The first-order valence-corrected chi connectivity index (χ1v) is 4.59. The predicted octanol–water partition coefficient (Wildman–Crippen LogP) is -0.922. The fourth-order valence-electron chi connectivity index (χ4n) is 0.541. The molecule has 0 atom stereocenters. The highest BCUT2D eigenvalue weighted by Crippen LogP contribution is 2.02. The van der Waals surface area contributed by atoms with Gasteiger partial charge in [-0.1, -0.05) is 11.8 Å². The molecule has 0 heterocycles. The predicted molar refractivity (Wildman–Crippen MR) is 51.1 cm³/mol. The summed E-state index contributed by atoms with van der Waals surface area (Å²) in [6, 6.07) is 0. The van der Waals surface area contributed by atoms with E-state index >= 15 is 0 Å². The SMILES string of the molecule is N=C(N)NCCSC(=O)CCN. The van der Waals surface area contributed by atoms with Gasteiger partial charge in [0.2, 0.25) is 0 Å². The molecule has 0 aliphatic heterocycles. The zero-order valence-electron chi connectivity index (χ0n) is 6.80. The number of guanidine groups is 1. The van der Waals surface area contributed by atoms with Crippen molar-refractivity contribution in [1.82, 2.24) is 5.32 Å². The molecule has 0 aliphatic carbocycles. The number of nitrogens with one attached hydrogen (secondary N) is 2. The number of nitrogens with two attached hydrogens (primary N) is 2. The third kappa shape index (κ3) is 7.36. The van der Waals surface area contributed by atoms with E-state index in [0.29, 0.717) is 25.3 Å². The van der Waals surface area contributed by atoms with Crippen LogP contribution in [0.2, 0.25) is 0 Å². The van der Waals surface area contributed by atoms with Crippen molar-refractivity contribution in [3.63, 3.8) is 0 Å². The fourth-order valence-corrected chi connectivity index (χ4v) is 1.23. The maximum Gasteiger partial charge on any atom is 0.190 e. The summed E-state index contributed by atoms with van der Waals surface area (Å²) >= 11 is 1.21. The summed E-state index contributed by atoms with van der Waals surface area (Å²) in [6.07, 6.45) is 0.407. The van der Waals surface area contributed by atoms with Crippen molar-refractivity contribution >= 4 is 22.8 Å². The average Bonchev–Trinajstić information content (AvgIpc) is 1.98. The second-order valence-electron chi connectivity index (χ2n) is 2.10. The van der Waals surface area contributed by atoms with Gasteiger partial charge in [-0.15, -0.1) is 0 Å². The van der Waals surface area contributed by atoms with E-state index in [1.807, 2.05) is 0 Å². The molecule has 0 aromatic heterocycles. The molecule has 0 fully saturated rings. The van der Waals surface area contributed by atoms with Crippen LogP contribution in [-0.4, -0.2) is 29.9 Å². The molecular weight excluding hydrogens is 176 g/mol. The molecule has 0 unspecified atom stereocenters. The topological polar surface area (TPSA) is 105 Å². The van der Waals surface area contributed by atoms with Crippen molar-refractivity contribution in [3.05, 3.63) is 0 Å². The normalized spacial score (nSPS) is 9.42. The number of rotatable bonds is 5. The lowest BCUT2D eigenvalue weighted by molar-refractivity contribution is -0.110. The second kappa shape index (κ2) is 6.93. The van der Waals surface area contributed by atoms with Crippen LogP contribution in [0, 0.1) is 5.41 Å². The van der Waals surface area contributed by atoms with Crippen LogP contribution in [0.3, 0.4) is 0 Å².